The Kier molecular flexibility index (Phi) is 2.82. The molecule has 1 aromatic rings. The predicted octanol–water partition coefficient (Wildman–Crippen LogP) is 1.28. The van der Waals surface area contributed by atoms with Crippen molar-refractivity contribution in [3.05, 3.63) is 29.8 Å². The Morgan fingerprint density at radius 3 is 2.42 bits per heavy atom. The molecule has 0 saturated heterocycles. The van der Waals surface area contributed by atoms with Crippen LogP contribution in [0, 0.1) is 0 Å². The highest BCUT2D eigenvalue weighted by Gasteiger charge is 2.07. The van der Waals surface area contributed by atoms with Gasteiger partial charge in [-0.15, -0.1) is 0 Å². The first kappa shape index (κ1) is 8.74. The highest BCUT2D eigenvalue weighted by molar-refractivity contribution is 5.60. The summed E-state index contributed by atoms with van der Waals surface area (Å²) in [6, 6.07) is 6.34. The first-order valence-electron chi connectivity index (χ1n) is 3.55. The van der Waals surface area contributed by atoms with Crippen molar-refractivity contribution in [2.24, 2.45) is 0 Å². The monoisotopic (exact) mass is 166 g/mol. The Labute approximate surface area is 70.6 Å². The van der Waals surface area contributed by atoms with Gasteiger partial charge in [0.25, 0.3) is 0 Å². The number of phenols is 1. The van der Waals surface area contributed by atoms with Crippen LogP contribution in [0.4, 0.5) is 0 Å². The lowest BCUT2D eigenvalue weighted by molar-refractivity contribution is -0.116. The number of benzene rings is 1. The highest BCUT2D eigenvalue weighted by Crippen LogP contribution is 2.17. The Morgan fingerprint density at radius 2 is 2.00 bits per heavy atom. The molecule has 0 spiro atoms. The normalized spacial score (nSPS) is 12.4. The van der Waals surface area contributed by atoms with Crippen LogP contribution in [0.5, 0.6) is 5.75 Å². The number of hydrogen-bond acceptors (Lipinski definition) is 3. The van der Waals surface area contributed by atoms with E-state index in [2.05, 4.69) is 0 Å². The van der Waals surface area contributed by atoms with Crippen LogP contribution in [0.1, 0.15) is 11.7 Å². The first-order valence-corrected chi connectivity index (χ1v) is 3.55. The second kappa shape index (κ2) is 3.88. The molecule has 0 aliphatic rings. The van der Waals surface area contributed by atoms with Gasteiger partial charge in [-0.3, -0.25) is 0 Å². The molecule has 3 nitrogen and oxygen atoms in total. The third-order valence-electron chi connectivity index (χ3n) is 1.60. The van der Waals surface area contributed by atoms with Gasteiger partial charge in [-0.1, -0.05) is 12.1 Å². The van der Waals surface area contributed by atoms with Gasteiger partial charge in [-0.25, -0.2) is 0 Å². The quantitative estimate of drug-likeness (QED) is 0.688. The Hall–Kier alpha value is -1.35. The summed E-state index contributed by atoms with van der Waals surface area (Å²) in [7, 11) is 1.46. The molecule has 3 heteroatoms. The minimum Gasteiger partial charge on any atom is -0.508 e. The van der Waals surface area contributed by atoms with Crippen molar-refractivity contribution in [1.82, 2.24) is 0 Å². The van der Waals surface area contributed by atoms with Crippen LogP contribution in [0.3, 0.4) is 0 Å². The van der Waals surface area contributed by atoms with Gasteiger partial charge >= 0.3 is 0 Å². The van der Waals surface area contributed by atoms with Crippen LogP contribution < -0.4 is 0 Å². The van der Waals surface area contributed by atoms with Crippen LogP contribution >= 0.6 is 0 Å². The van der Waals surface area contributed by atoms with Crippen LogP contribution in [-0.2, 0) is 9.53 Å². The van der Waals surface area contributed by atoms with E-state index < -0.39 is 6.10 Å². The van der Waals surface area contributed by atoms with Crippen LogP contribution in [0.2, 0.25) is 0 Å². The lowest BCUT2D eigenvalue weighted by Crippen LogP contribution is -2.01. The second-order valence-electron chi connectivity index (χ2n) is 2.38. The molecule has 1 aromatic carbocycles. The summed E-state index contributed by atoms with van der Waals surface area (Å²) >= 11 is 0. The fraction of sp³-hybridized carbons (Fsp3) is 0.222. The summed E-state index contributed by atoms with van der Waals surface area (Å²) in [6.45, 7) is 0. The van der Waals surface area contributed by atoms with Crippen molar-refractivity contribution < 1.29 is 14.6 Å². The summed E-state index contributed by atoms with van der Waals surface area (Å²) in [4.78, 5) is 10.4. The van der Waals surface area contributed by atoms with E-state index >= 15 is 0 Å². The summed E-state index contributed by atoms with van der Waals surface area (Å²) in [5.74, 6) is 0.180. The maximum Gasteiger partial charge on any atom is 0.153 e. The molecule has 1 rings (SSSR count). The van der Waals surface area contributed by atoms with Gasteiger partial charge < -0.3 is 14.6 Å². The molecule has 0 radical (unpaired) electrons. The number of hydrogen-bond donors (Lipinski definition) is 1. The number of aldehydes is 1. The summed E-state index contributed by atoms with van der Waals surface area (Å²) < 4.78 is 4.88. The van der Waals surface area contributed by atoms with Crippen molar-refractivity contribution in [1.29, 1.82) is 0 Å². The zero-order valence-corrected chi connectivity index (χ0v) is 6.73. The third kappa shape index (κ3) is 1.83. The van der Waals surface area contributed by atoms with Gasteiger partial charge in [0.05, 0.1) is 0 Å². The van der Waals surface area contributed by atoms with Crippen LogP contribution in [-0.4, -0.2) is 18.5 Å². The number of methoxy groups -OCH3 is 1. The summed E-state index contributed by atoms with van der Waals surface area (Å²) in [5.41, 5.74) is 0.741. The molecule has 0 saturated carbocycles. The topological polar surface area (TPSA) is 46.5 Å². The molecular weight excluding hydrogens is 156 g/mol. The smallest absolute Gasteiger partial charge is 0.153 e. The van der Waals surface area contributed by atoms with E-state index in [0.717, 1.165) is 5.56 Å². The van der Waals surface area contributed by atoms with Crippen molar-refractivity contribution in [2.45, 2.75) is 6.10 Å². The van der Waals surface area contributed by atoms with E-state index in [9.17, 15) is 4.79 Å². The SMILES string of the molecule is COC(C=O)c1ccc(O)cc1. The molecule has 64 valence electrons. The molecule has 0 aliphatic heterocycles. The van der Waals surface area contributed by atoms with E-state index in [1.807, 2.05) is 0 Å². The Balaban J connectivity index is 2.87. The standard InChI is InChI=1S/C9H10O3/c1-12-9(6-10)7-2-4-8(11)5-3-7/h2-6,9,11H,1H3. The van der Waals surface area contributed by atoms with Crippen LogP contribution in [0.15, 0.2) is 24.3 Å². The molecule has 1 unspecified atom stereocenters. The van der Waals surface area contributed by atoms with Crippen molar-refractivity contribution in [2.75, 3.05) is 7.11 Å². The lowest BCUT2D eigenvalue weighted by Gasteiger charge is -2.07. The van der Waals surface area contributed by atoms with Crippen molar-refractivity contribution in [3.8, 4) is 5.75 Å². The molecule has 0 heterocycles. The zero-order chi connectivity index (χ0) is 8.97. The summed E-state index contributed by atoms with van der Waals surface area (Å²) in [5, 5.41) is 8.95. The average molecular weight is 166 g/mol. The fourth-order valence-corrected chi connectivity index (χ4v) is 0.934. The van der Waals surface area contributed by atoms with Gasteiger partial charge in [0.1, 0.15) is 11.9 Å². The van der Waals surface area contributed by atoms with Crippen LogP contribution in [0.25, 0.3) is 0 Å². The molecule has 0 aromatic heterocycles. The van der Waals surface area contributed by atoms with Crippen molar-refractivity contribution in [3.63, 3.8) is 0 Å². The van der Waals surface area contributed by atoms with E-state index in [0.29, 0.717) is 6.29 Å². The molecule has 12 heavy (non-hydrogen) atoms. The molecule has 1 atom stereocenters. The largest absolute Gasteiger partial charge is 0.508 e. The van der Waals surface area contributed by atoms with Gasteiger partial charge in [0.15, 0.2) is 6.29 Å². The molecular formula is C9H10O3. The van der Waals surface area contributed by atoms with Gasteiger partial charge in [-0.05, 0) is 17.7 Å². The van der Waals surface area contributed by atoms with Gasteiger partial charge in [-0.2, -0.15) is 0 Å². The number of aromatic hydroxyl groups is 1. The minimum atomic E-state index is -0.536. The van der Waals surface area contributed by atoms with E-state index in [1.165, 1.54) is 19.2 Å². The molecule has 0 amide bonds. The maximum atomic E-state index is 10.4. The molecule has 0 aliphatic carbocycles. The zero-order valence-electron chi connectivity index (χ0n) is 6.73. The van der Waals surface area contributed by atoms with E-state index in [1.54, 1.807) is 12.1 Å². The second-order valence-corrected chi connectivity index (χ2v) is 2.38. The summed E-state index contributed by atoms with van der Waals surface area (Å²) in [6.07, 6.45) is 0.178. The minimum absolute atomic E-state index is 0.180. The van der Waals surface area contributed by atoms with Gasteiger partial charge in [0.2, 0.25) is 0 Å². The maximum absolute atomic E-state index is 10.4. The molecule has 1 N–H and O–H groups in total. The lowest BCUT2D eigenvalue weighted by atomic mass is 10.1. The van der Waals surface area contributed by atoms with Crippen molar-refractivity contribution >= 4 is 6.29 Å². The predicted molar refractivity (Wildman–Crippen MR) is 43.9 cm³/mol. The third-order valence-corrected chi connectivity index (χ3v) is 1.60. The van der Waals surface area contributed by atoms with E-state index in [-0.39, 0.29) is 5.75 Å². The number of phenolic OH excluding ortho intramolecular Hbond substituents is 1. The number of carbonyl (C=O) groups excluding carboxylic acids is 1. The van der Waals surface area contributed by atoms with E-state index in [4.69, 9.17) is 9.84 Å². The fourth-order valence-electron chi connectivity index (χ4n) is 0.934. The van der Waals surface area contributed by atoms with Gasteiger partial charge in [0, 0.05) is 7.11 Å². The number of rotatable bonds is 3. The Bertz CT molecular complexity index is 253. The number of ether oxygens (including phenoxy) is 1. The molecule has 0 bridgehead atoms. The first-order chi connectivity index (χ1) is 5.77. The Morgan fingerprint density at radius 1 is 1.42 bits per heavy atom. The average Bonchev–Trinajstić information content (AvgIpc) is 2.10. The number of carbonyl (C=O) groups is 1. The highest BCUT2D eigenvalue weighted by atomic mass is 16.5. The molecule has 0 fully saturated rings.